The number of nitrogens with one attached hydrogen (secondary N) is 1. The van der Waals surface area contributed by atoms with Crippen molar-refractivity contribution in [2.24, 2.45) is 0 Å². The Balaban J connectivity index is 1.64. The first-order chi connectivity index (χ1) is 14.8. The van der Waals surface area contributed by atoms with Gasteiger partial charge in [-0.15, -0.1) is 0 Å². The molecule has 162 valence electrons. The van der Waals surface area contributed by atoms with Crippen molar-refractivity contribution in [2.75, 3.05) is 22.7 Å². The molecule has 0 saturated carbocycles. The minimum Gasteiger partial charge on any atom is -0.497 e. The van der Waals surface area contributed by atoms with Crippen molar-refractivity contribution in [2.45, 2.75) is 22.6 Å². The van der Waals surface area contributed by atoms with E-state index in [9.17, 15) is 16.8 Å². The molecule has 1 aliphatic heterocycles. The fourth-order valence-corrected chi connectivity index (χ4v) is 6.22. The van der Waals surface area contributed by atoms with E-state index < -0.39 is 20.0 Å². The molecule has 0 spiro atoms. The molecule has 0 fully saturated rings. The van der Waals surface area contributed by atoms with Crippen LogP contribution in [0.3, 0.4) is 0 Å². The lowest BCUT2D eigenvalue weighted by Gasteiger charge is -2.31. The third kappa shape index (κ3) is 4.24. The molecule has 0 aliphatic carbocycles. The summed E-state index contributed by atoms with van der Waals surface area (Å²) in [6, 6.07) is 19.4. The standard InChI is InChI=1S/C22H22N2O5S2/c1-29-19-8-5-11-21(16-19)30(25,26)23-18-12-13-22-17(15-18)7-6-14-24(22)31(27,28)20-9-3-2-4-10-20/h2-5,8-13,15-16,23H,6-7,14H2,1H3. The zero-order valence-electron chi connectivity index (χ0n) is 16.9. The van der Waals surface area contributed by atoms with Gasteiger partial charge in [0.05, 0.1) is 22.6 Å². The van der Waals surface area contributed by atoms with Gasteiger partial charge in [0.15, 0.2) is 0 Å². The Bertz CT molecular complexity index is 1310. The van der Waals surface area contributed by atoms with E-state index in [0.29, 0.717) is 36.5 Å². The molecule has 1 heterocycles. The van der Waals surface area contributed by atoms with Crippen LogP contribution < -0.4 is 13.8 Å². The molecule has 7 nitrogen and oxygen atoms in total. The van der Waals surface area contributed by atoms with Crippen LogP contribution in [-0.4, -0.2) is 30.5 Å². The van der Waals surface area contributed by atoms with Crippen LogP contribution >= 0.6 is 0 Å². The summed E-state index contributed by atoms with van der Waals surface area (Å²) in [5.41, 5.74) is 1.72. The van der Waals surface area contributed by atoms with Gasteiger partial charge >= 0.3 is 0 Å². The number of aryl methyl sites for hydroxylation is 1. The quantitative estimate of drug-likeness (QED) is 0.609. The predicted octanol–water partition coefficient (Wildman–Crippen LogP) is 3.64. The lowest BCUT2D eigenvalue weighted by Crippen LogP contribution is -2.35. The van der Waals surface area contributed by atoms with Gasteiger partial charge in [0.2, 0.25) is 0 Å². The van der Waals surface area contributed by atoms with Crippen LogP contribution in [0.15, 0.2) is 82.6 Å². The number of sulfonamides is 2. The minimum absolute atomic E-state index is 0.0813. The summed E-state index contributed by atoms with van der Waals surface area (Å²) in [4.78, 5) is 0.309. The second kappa shape index (κ2) is 8.24. The van der Waals surface area contributed by atoms with Gasteiger partial charge in [0, 0.05) is 18.3 Å². The van der Waals surface area contributed by atoms with Crippen molar-refractivity contribution in [3.8, 4) is 5.75 Å². The highest BCUT2D eigenvalue weighted by molar-refractivity contribution is 7.93. The number of anilines is 2. The van der Waals surface area contributed by atoms with E-state index in [1.807, 2.05) is 0 Å². The summed E-state index contributed by atoms with van der Waals surface area (Å²) in [5, 5.41) is 0. The van der Waals surface area contributed by atoms with Crippen molar-refractivity contribution in [3.05, 3.63) is 78.4 Å². The van der Waals surface area contributed by atoms with Crippen LogP contribution in [0.1, 0.15) is 12.0 Å². The molecule has 0 aromatic heterocycles. The molecular weight excluding hydrogens is 436 g/mol. The lowest BCUT2D eigenvalue weighted by atomic mass is 10.0. The highest BCUT2D eigenvalue weighted by Crippen LogP contribution is 2.34. The van der Waals surface area contributed by atoms with Gasteiger partial charge in [-0.1, -0.05) is 24.3 Å². The molecule has 1 aliphatic rings. The number of hydrogen-bond acceptors (Lipinski definition) is 5. The third-order valence-corrected chi connectivity index (χ3v) is 8.30. The molecule has 0 amide bonds. The Hall–Kier alpha value is -3.04. The molecule has 31 heavy (non-hydrogen) atoms. The minimum atomic E-state index is -3.82. The SMILES string of the molecule is COc1cccc(S(=O)(=O)Nc2ccc3c(c2)CCCN3S(=O)(=O)c2ccccc2)c1. The fraction of sp³-hybridized carbons (Fsp3) is 0.182. The Morgan fingerprint density at radius 1 is 0.871 bits per heavy atom. The van der Waals surface area contributed by atoms with Crippen LogP contribution in [0, 0.1) is 0 Å². The molecule has 0 bridgehead atoms. The molecule has 0 saturated heterocycles. The summed E-state index contributed by atoms with van der Waals surface area (Å²) in [6.07, 6.45) is 1.30. The average Bonchev–Trinajstić information content (AvgIpc) is 2.79. The van der Waals surface area contributed by atoms with E-state index in [2.05, 4.69) is 4.72 Å². The zero-order valence-corrected chi connectivity index (χ0v) is 18.5. The Morgan fingerprint density at radius 3 is 2.35 bits per heavy atom. The monoisotopic (exact) mass is 458 g/mol. The molecule has 3 aromatic rings. The summed E-state index contributed by atoms with van der Waals surface area (Å²) >= 11 is 0. The Kier molecular flexibility index (Phi) is 5.63. The van der Waals surface area contributed by atoms with Crippen molar-refractivity contribution in [3.63, 3.8) is 0 Å². The summed E-state index contributed by atoms with van der Waals surface area (Å²) < 4.78 is 60.8. The van der Waals surface area contributed by atoms with E-state index in [1.54, 1.807) is 60.7 Å². The molecular formula is C22H22N2O5S2. The van der Waals surface area contributed by atoms with Gasteiger partial charge in [-0.3, -0.25) is 9.03 Å². The Morgan fingerprint density at radius 2 is 1.61 bits per heavy atom. The van der Waals surface area contributed by atoms with Gasteiger partial charge in [-0.05, 0) is 60.9 Å². The molecule has 0 unspecified atom stereocenters. The highest BCUT2D eigenvalue weighted by atomic mass is 32.2. The van der Waals surface area contributed by atoms with Crippen LogP contribution in [0.2, 0.25) is 0 Å². The van der Waals surface area contributed by atoms with Crippen molar-refractivity contribution in [1.82, 2.24) is 0 Å². The number of hydrogen-bond donors (Lipinski definition) is 1. The number of fused-ring (bicyclic) bond motifs is 1. The molecule has 0 radical (unpaired) electrons. The topological polar surface area (TPSA) is 92.8 Å². The second-order valence-electron chi connectivity index (χ2n) is 7.12. The fourth-order valence-electron chi connectivity index (χ4n) is 3.58. The third-order valence-electron chi connectivity index (χ3n) is 5.09. The maximum absolute atomic E-state index is 13.1. The molecule has 3 aromatic carbocycles. The van der Waals surface area contributed by atoms with Gasteiger partial charge < -0.3 is 4.74 Å². The summed E-state index contributed by atoms with van der Waals surface area (Å²) in [6.45, 7) is 0.374. The van der Waals surface area contributed by atoms with Crippen LogP contribution in [0.4, 0.5) is 11.4 Å². The van der Waals surface area contributed by atoms with E-state index in [0.717, 1.165) is 5.56 Å². The lowest BCUT2D eigenvalue weighted by molar-refractivity contribution is 0.413. The van der Waals surface area contributed by atoms with Crippen LogP contribution in [0.25, 0.3) is 0 Å². The second-order valence-corrected chi connectivity index (χ2v) is 10.7. The zero-order chi connectivity index (χ0) is 22.1. The number of benzene rings is 3. The number of methoxy groups -OCH3 is 1. The van der Waals surface area contributed by atoms with Gasteiger partial charge in [0.1, 0.15) is 5.75 Å². The maximum atomic E-state index is 13.1. The largest absolute Gasteiger partial charge is 0.497 e. The van der Waals surface area contributed by atoms with E-state index in [4.69, 9.17) is 4.74 Å². The number of rotatable bonds is 6. The number of ether oxygens (including phenoxy) is 1. The number of nitrogens with zero attached hydrogens (tertiary/aromatic N) is 1. The summed E-state index contributed by atoms with van der Waals surface area (Å²) in [5.74, 6) is 0.440. The normalized spacial score (nSPS) is 14.0. The van der Waals surface area contributed by atoms with E-state index in [-0.39, 0.29) is 9.79 Å². The van der Waals surface area contributed by atoms with Gasteiger partial charge in [-0.25, -0.2) is 16.8 Å². The predicted molar refractivity (Wildman–Crippen MR) is 120 cm³/mol. The van der Waals surface area contributed by atoms with Gasteiger partial charge in [-0.2, -0.15) is 0 Å². The maximum Gasteiger partial charge on any atom is 0.264 e. The first-order valence-corrected chi connectivity index (χ1v) is 12.6. The van der Waals surface area contributed by atoms with E-state index in [1.165, 1.54) is 23.5 Å². The summed E-state index contributed by atoms with van der Waals surface area (Å²) in [7, 11) is -6.04. The molecule has 4 rings (SSSR count). The van der Waals surface area contributed by atoms with E-state index >= 15 is 0 Å². The first-order valence-electron chi connectivity index (χ1n) is 9.69. The van der Waals surface area contributed by atoms with Crippen molar-refractivity contribution < 1.29 is 21.6 Å². The van der Waals surface area contributed by atoms with Crippen molar-refractivity contribution >= 4 is 31.4 Å². The smallest absolute Gasteiger partial charge is 0.264 e. The van der Waals surface area contributed by atoms with Gasteiger partial charge in [0.25, 0.3) is 20.0 Å². The average molecular weight is 459 g/mol. The molecule has 1 N–H and O–H groups in total. The van der Waals surface area contributed by atoms with Crippen LogP contribution in [0.5, 0.6) is 5.75 Å². The highest BCUT2D eigenvalue weighted by Gasteiger charge is 2.29. The van der Waals surface area contributed by atoms with Crippen molar-refractivity contribution in [1.29, 1.82) is 0 Å². The molecule has 9 heteroatoms. The van der Waals surface area contributed by atoms with Crippen LogP contribution in [-0.2, 0) is 26.5 Å². The Labute approximate surface area is 182 Å². The first kappa shape index (κ1) is 21.2. The molecule has 0 atom stereocenters.